The second-order valence-corrected chi connectivity index (χ2v) is 1.74. The molecule has 3 nitrogen and oxygen atoms in total. The van der Waals surface area contributed by atoms with Gasteiger partial charge in [0.05, 0.1) is 5.69 Å². The highest BCUT2D eigenvalue weighted by molar-refractivity contribution is 5.75. The molecular formula is C7H6NO2. The van der Waals surface area contributed by atoms with Crippen molar-refractivity contribution < 1.29 is 9.90 Å². The van der Waals surface area contributed by atoms with Crippen molar-refractivity contribution in [3.8, 4) is 5.75 Å². The fourth-order valence-electron chi connectivity index (χ4n) is 0.634. The fourth-order valence-corrected chi connectivity index (χ4v) is 0.634. The van der Waals surface area contributed by atoms with Gasteiger partial charge in [-0.2, -0.15) is 0 Å². The number of phenolic OH excluding ortho intramolecular Hbond substituents is 1. The third-order valence-electron chi connectivity index (χ3n) is 1.09. The summed E-state index contributed by atoms with van der Waals surface area (Å²) < 4.78 is 0. The van der Waals surface area contributed by atoms with Crippen LogP contribution in [0.2, 0.25) is 0 Å². The van der Waals surface area contributed by atoms with Gasteiger partial charge in [0, 0.05) is 0 Å². The second kappa shape index (κ2) is 2.87. The highest BCUT2D eigenvalue weighted by atomic mass is 16.3. The van der Waals surface area contributed by atoms with Gasteiger partial charge in [0.15, 0.2) is 0 Å². The molecule has 0 heterocycles. The van der Waals surface area contributed by atoms with Gasteiger partial charge in [0.2, 0.25) is 0 Å². The number of hydrogen-bond donors (Lipinski definition) is 2. The molecule has 2 N–H and O–H groups in total. The van der Waals surface area contributed by atoms with E-state index in [2.05, 4.69) is 5.32 Å². The predicted molar refractivity (Wildman–Crippen MR) is 37.4 cm³/mol. The molecular weight excluding hydrogens is 130 g/mol. The monoisotopic (exact) mass is 136 g/mol. The number of phenols is 1. The van der Waals surface area contributed by atoms with E-state index in [0.717, 1.165) is 0 Å². The third-order valence-corrected chi connectivity index (χ3v) is 1.09. The topological polar surface area (TPSA) is 49.3 Å². The van der Waals surface area contributed by atoms with Gasteiger partial charge in [-0.05, 0) is 12.1 Å². The lowest BCUT2D eigenvalue weighted by Crippen LogP contribution is -1.92. The molecule has 0 spiro atoms. The minimum atomic E-state index is 0.0471. The molecule has 0 saturated carbocycles. The highest BCUT2D eigenvalue weighted by Crippen LogP contribution is 2.20. The van der Waals surface area contributed by atoms with Crippen molar-refractivity contribution in [1.29, 1.82) is 0 Å². The number of para-hydroxylation sites is 2. The van der Waals surface area contributed by atoms with Crippen LogP contribution in [-0.4, -0.2) is 11.5 Å². The van der Waals surface area contributed by atoms with Gasteiger partial charge in [0.1, 0.15) is 5.75 Å². The molecule has 1 aromatic carbocycles. The van der Waals surface area contributed by atoms with Crippen LogP contribution in [0.3, 0.4) is 0 Å². The Hall–Kier alpha value is -1.51. The van der Waals surface area contributed by atoms with Crippen LogP contribution in [0.4, 0.5) is 5.69 Å². The first-order chi connectivity index (χ1) is 4.84. The SMILES string of the molecule is O=[C]Nc1ccccc1O. The van der Waals surface area contributed by atoms with Gasteiger partial charge in [0.25, 0.3) is 0 Å². The Morgan fingerprint density at radius 1 is 1.40 bits per heavy atom. The highest BCUT2D eigenvalue weighted by Gasteiger charge is 1.94. The number of rotatable bonds is 2. The number of aromatic hydroxyl groups is 1. The van der Waals surface area contributed by atoms with Crippen molar-refractivity contribution in [2.45, 2.75) is 0 Å². The average molecular weight is 136 g/mol. The van der Waals surface area contributed by atoms with Gasteiger partial charge in [-0.1, -0.05) is 12.1 Å². The van der Waals surface area contributed by atoms with E-state index < -0.39 is 0 Å². The van der Waals surface area contributed by atoms with Crippen LogP contribution in [0.1, 0.15) is 0 Å². The summed E-state index contributed by atoms with van der Waals surface area (Å²) in [7, 11) is 0. The maximum absolute atomic E-state index is 9.78. The van der Waals surface area contributed by atoms with Crippen molar-refractivity contribution in [3.05, 3.63) is 24.3 Å². The molecule has 1 amide bonds. The molecule has 1 radical (unpaired) electrons. The molecule has 0 aliphatic rings. The molecule has 0 aliphatic heterocycles. The van der Waals surface area contributed by atoms with Gasteiger partial charge in [-0.15, -0.1) is 0 Å². The average Bonchev–Trinajstić information content (AvgIpc) is 1.94. The van der Waals surface area contributed by atoms with Crippen molar-refractivity contribution >= 4 is 12.1 Å². The standard InChI is InChI=1S/C7H6NO2/c9-5-8-6-3-1-2-4-7(6)10/h1-4,10H,(H,8,9). The molecule has 3 heteroatoms. The Morgan fingerprint density at radius 3 is 2.70 bits per heavy atom. The number of benzene rings is 1. The lowest BCUT2D eigenvalue weighted by Gasteiger charge is -1.98. The fraction of sp³-hybridized carbons (Fsp3) is 0. The molecule has 0 unspecified atom stereocenters. The van der Waals surface area contributed by atoms with Crippen LogP contribution in [0, 0.1) is 0 Å². The Morgan fingerprint density at radius 2 is 2.10 bits per heavy atom. The summed E-state index contributed by atoms with van der Waals surface area (Å²) in [5.74, 6) is 0.0471. The molecule has 0 atom stereocenters. The first-order valence-electron chi connectivity index (χ1n) is 2.76. The first-order valence-corrected chi connectivity index (χ1v) is 2.76. The zero-order chi connectivity index (χ0) is 7.40. The quantitative estimate of drug-likeness (QED) is 0.468. The molecule has 0 bridgehead atoms. The number of anilines is 1. The van der Waals surface area contributed by atoms with E-state index in [0.29, 0.717) is 5.69 Å². The van der Waals surface area contributed by atoms with E-state index in [4.69, 9.17) is 5.11 Å². The van der Waals surface area contributed by atoms with Gasteiger partial charge in [-0.3, -0.25) is 4.79 Å². The van der Waals surface area contributed by atoms with Crippen LogP contribution in [0.25, 0.3) is 0 Å². The van der Waals surface area contributed by atoms with E-state index in [-0.39, 0.29) is 5.75 Å². The summed E-state index contributed by atoms with van der Waals surface area (Å²) in [5, 5.41) is 11.2. The maximum atomic E-state index is 9.78. The van der Waals surface area contributed by atoms with Crippen molar-refractivity contribution in [1.82, 2.24) is 0 Å². The van der Waals surface area contributed by atoms with E-state index in [1.165, 1.54) is 12.5 Å². The summed E-state index contributed by atoms with van der Waals surface area (Å²) in [6.45, 7) is 0. The summed E-state index contributed by atoms with van der Waals surface area (Å²) in [6, 6.07) is 6.45. The molecule has 0 fully saturated rings. The number of nitrogens with one attached hydrogen (secondary N) is 1. The Kier molecular flexibility index (Phi) is 1.89. The van der Waals surface area contributed by atoms with Crippen molar-refractivity contribution in [3.63, 3.8) is 0 Å². The minimum Gasteiger partial charge on any atom is -0.506 e. The minimum absolute atomic E-state index is 0.0471. The largest absolute Gasteiger partial charge is 0.506 e. The molecule has 0 aliphatic carbocycles. The Bertz CT molecular complexity index is 235. The van der Waals surface area contributed by atoms with Crippen LogP contribution in [-0.2, 0) is 4.79 Å². The summed E-state index contributed by atoms with van der Waals surface area (Å²) in [4.78, 5) is 9.78. The molecule has 10 heavy (non-hydrogen) atoms. The molecule has 0 saturated heterocycles. The number of amides is 1. The van der Waals surface area contributed by atoms with E-state index in [1.54, 1.807) is 18.2 Å². The molecule has 1 rings (SSSR count). The Labute approximate surface area is 58.3 Å². The number of carbonyl (C=O) groups excluding carboxylic acids is 1. The zero-order valence-electron chi connectivity index (χ0n) is 5.16. The van der Waals surface area contributed by atoms with Crippen LogP contribution < -0.4 is 5.32 Å². The van der Waals surface area contributed by atoms with Crippen molar-refractivity contribution in [2.24, 2.45) is 0 Å². The zero-order valence-corrected chi connectivity index (χ0v) is 5.16. The van der Waals surface area contributed by atoms with E-state index >= 15 is 0 Å². The van der Waals surface area contributed by atoms with Crippen LogP contribution >= 0.6 is 0 Å². The van der Waals surface area contributed by atoms with E-state index in [1.807, 2.05) is 0 Å². The Balaban J connectivity index is 2.91. The predicted octanol–water partition coefficient (Wildman–Crippen LogP) is 0.871. The van der Waals surface area contributed by atoms with Crippen LogP contribution in [0.15, 0.2) is 24.3 Å². The molecule has 0 aromatic heterocycles. The van der Waals surface area contributed by atoms with Gasteiger partial charge in [-0.25, -0.2) is 0 Å². The van der Waals surface area contributed by atoms with Gasteiger partial charge >= 0.3 is 6.41 Å². The summed E-state index contributed by atoms with van der Waals surface area (Å²) >= 11 is 0. The first kappa shape index (κ1) is 6.61. The summed E-state index contributed by atoms with van der Waals surface area (Å²) in [5.41, 5.74) is 0.373. The maximum Gasteiger partial charge on any atom is 0.314 e. The van der Waals surface area contributed by atoms with Crippen LogP contribution in [0.5, 0.6) is 5.75 Å². The van der Waals surface area contributed by atoms with E-state index in [9.17, 15) is 4.79 Å². The number of hydrogen-bond acceptors (Lipinski definition) is 2. The molecule has 1 aromatic rings. The summed E-state index contributed by atoms with van der Waals surface area (Å²) in [6.07, 6.45) is 1.46. The molecule has 51 valence electrons. The normalized spacial score (nSPS) is 8.80. The smallest absolute Gasteiger partial charge is 0.314 e. The lowest BCUT2D eigenvalue weighted by molar-refractivity contribution is 0.477. The lowest BCUT2D eigenvalue weighted by atomic mass is 10.3. The van der Waals surface area contributed by atoms with Gasteiger partial charge < -0.3 is 10.4 Å². The third kappa shape index (κ3) is 1.25. The second-order valence-electron chi connectivity index (χ2n) is 1.74. The van der Waals surface area contributed by atoms with Crippen molar-refractivity contribution in [2.75, 3.05) is 5.32 Å².